The molecule has 0 aliphatic heterocycles. The number of aromatic nitrogens is 2. The van der Waals surface area contributed by atoms with Gasteiger partial charge in [-0.25, -0.2) is 4.98 Å². The van der Waals surface area contributed by atoms with Gasteiger partial charge >= 0.3 is 0 Å². The van der Waals surface area contributed by atoms with Gasteiger partial charge in [0.2, 0.25) is 0 Å². The topological polar surface area (TPSA) is 17.3 Å². The number of imidazole rings is 1. The molecule has 1 saturated carbocycles. The fraction of sp³-hybridized carbons (Fsp3) is 0.417. The predicted octanol–water partition coefficient (Wildman–Crippen LogP) is 2.77. The van der Waals surface area contributed by atoms with Crippen LogP contribution in [0, 0.1) is 12.8 Å². The highest BCUT2D eigenvalue weighted by atomic mass is 15.0. The maximum atomic E-state index is 4.51. The van der Waals surface area contributed by atoms with E-state index in [1.54, 1.807) is 0 Å². The van der Waals surface area contributed by atoms with E-state index in [4.69, 9.17) is 0 Å². The van der Waals surface area contributed by atoms with Gasteiger partial charge in [0.1, 0.15) is 5.82 Å². The Balaban J connectivity index is 2.19. The third-order valence-corrected chi connectivity index (χ3v) is 3.14. The Morgan fingerprint density at radius 3 is 2.93 bits per heavy atom. The SMILES string of the molecule is Cc1ccc2cnc(C3CC3C)n2c1. The van der Waals surface area contributed by atoms with Gasteiger partial charge in [-0.1, -0.05) is 13.0 Å². The molecule has 2 nitrogen and oxygen atoms in total. The van der Waals surface area contributed by atoms with Gasteiger partial charge in [-0.2, -0.15) is 0 Å². The standard InChI is InChI=1S/C12H14N2/c1-8-3-4-10-6-13-12(14(10)7-8)11-5-9(11)2/h3-4,6-7,9,11H,5H2,1-2H3. The first-order chi connectivity index (χ1) is 6.75. The van der Waals surface area contributed by atoms with Crippen LogP contribution < -0.4 is 0 Å². The normalized spacial score (nSPS) is 25.6. The van der Waals surface area contributed by atoms with Crippen molar-refractivity contribution in [3.8, 4) is 0 Å². The molecule has 2 aromatic rings. The van der Waals surface area contributed by atoms with Gasteiger partial charge in [0.25, 0.3) is 0 Å². The van der Waals surface area contributed by atoms with Crippen LogP contribution in [0.4, 0.5) is 0 Å². The summed E-state index contributed by atoms with van der Waals surface area (Å²) in [4.78, 5) is 4.51. The molecule has 72 valence electrons. The minimum absolute atomic E-state index is 0.694. The van der Waals surface area contributed by atoms with E-state index >= 15 is 0 Å². The summed E-state index contributed by atoms with van der Waals surface area (Å²) in [6.45, 7) is 4.42. The molecule has 0 spiro atoms. The van der Waals surface area contributed by atoms with Crippen molar-refractivity contribution < 1.29 is 0 Å². The zero-order valence-electron chi connectivity index (χ0n) is 8.57. The molecule has 0 amide bonds. The predicted molar refractivity (Wildman–Crippen MR) is 56.5 cm³/mol. The molecule has 1 fully saturated rings. The smallest absolute Gasteiger partial charge is 0.116 e. The summed E-state index contributed by atoms with van der Waals surface area (Å²) in [6, 6.07) is 4.27. The van der Waals surface area contributed by atoms with E-state index in [0.717, 1.165) is 5.92 Å². The van der Waals surface area contributed by atoms with Gasteiger partial charge in [0.05, 0.1) is 11.7 Å². The number of fused-ring (bicyclic) bond motifs is 1. The molecule has 0 saturated heterocycles. The van der Waals surface area contributed by atoms with E-state index in [0.29, 0.717) is 5.92 Å². The fourth-order valence-electron chi connectivity index (χ4n) is 2.07. The zero-order chi connectivity index (χ0) is 9.71. The van der Waals surface area contributed by atoms with Crippen molar-refractivity contribution in [2.75, 3.05) is 0 Å². The fourth-order valence-corrected chi connectivity index (χ4v) is 2.07. The van der Waals surface area contributed by atoms with Crippen molar-refractivity contribution in [3.05, 3.63) is 35.9 Å². The molecular formula is C12H14N2. The van der Waals surface area contributed by atoms with Crippen LogP contribution in [0.25, 0.3) is 5.52 Å². The van der Waals surface area contributed by atoms with Crippen LogP contribution in [0.15, 0.2) is 24.5 Å². The first-order valence-corrected chi connectivity index (χ1v) is 5.19. The van der Waals surface area contributed by atoms with Gasteiger partial charge in [-0.15, -0.1) is 0 Å². The lowest BCUT2D eigenvalue weighted by Gasteiger charge is -2.00. The van der Waals surface area contributed by atoms with E-state index < -0.39 is 0 Å². The first-order valence-electron chi connectivity index (χ1n) is 5.19. The zero-order valence-corrected chi connectivity index (χ0v) is 8.57. The number of nitrogens with zero attached hydrogens (tertiary/aromatic N) is 2. The molecule has 2 unspecified atom stereocenters. The van der Waals surface area contributed by atoms with Crippen molar-refractivity contribution in [2.45, 2.75) is 26.2 Å². The summed E-state index contributed by atoms with van der Waals surface area (Å²) in [5.74, 6) is 2.76. The molecule has 1 aliphatic carbocycles. The molecule has 2 heteroatoms. The minimum Gasteiger partial charge on any atom is -0.303 e. The second kappa shape index (κ2) is 2.59. The monoisotopic (exact) mass is 186 g/mol. The maximum Gasteiger partial charge on any atom is 0.116 e. The van der Waals surface area contributed by atoms with Crippen LogP contribution in [0.3, 0.4) is 0 Å². The second-order valence-electron chi connectivity index (χ2n) is 4.44. The highest BCUT2D eigenvalue weighted by Crippen LogP contribution is 2.46. The van der Waals surface area contributed by atoms with Crippen LogP contribution in [-0.4, -0.2) is 9.38 Å². The lowest BCUT2D eigenvalue weighted by atomic mass is 10.3. The van der Waals surface area contributed by atoms with Crippen molar-refractivity contribution in [3.63, 3.8) is 0 Å². The molecule has 0 N–H and O–H groups in total. The van der Waals surface area contributed by atoms with Gasteiger partial charge in [-0.3, -0.25) is 0 Å². The van der Waals surface area contributed by atoms with E-state index in [1.807, 2.05) is 6.20 Å². The van der Waals surface area contributed by atoms with E-state index in [1.165, 1.54) is 23.3 Å². The van der Waals surface area contributed by atoms with Crippen LogP contribution in [0.1, 0.15) is 30.7 Å². The van der Waals surface area contributed by atoms with Crippen molar-refractivity contribution in [2.24, 2.45) is 5.92 Å². The molecular weight excluding hydrogens is 172 g/mol. The molecule has 0 radical (unpaired) electrons. The van der Waals surface area contributed by atoms with Crippen molar-refractivity contribution >= 4 is 5.52 Å². The Hall–Kier alpha value is -1.31. The molecule has 2 atom stereocenters. The van der Waals surface area contributed by atoms with Crippen LogP contribution in [-0.2, 0) is 0 Å². The average molecular weight is 186 g/mol. The third kappa shape index (κ3) is 1.07. The van der Waals surface area contributed by atoms with E-state index in [9.17, 15) is 0 Å². The minimum atomic E-state index is 0.694. The molecule has 3 rings (SSSR count). The lowest BCUT2D eigenvalue weighted by Crippen LogP contribution is -1.93. The Morgan fingerprint density at radius 1 is 1.43 bits per heavy atom. The highest BCUT2D eigenvalue weighted by Gasteiger charge is 2.37. The molecule has 2 aromatic heterocycles. The number of aryl methyl sites for hydroxylation is 1. The van der Waals surface area contributed by atoms with E-state index in [-0.39, 0.29) is 0 Å². The molecule has 2 heterocycles. The molecule has 0 bridgehead atoms. The average Bonchev–Trinajstić information content (AvgIpc) is 2.75. The Kier molecular flexibility index (Phi) is 1.49. The largest absolute Gasteiger partial charge is 0.303 e. The molecule has 14 heavy (non-hydrogen) atoms. The number of pyridine rings is 1. The Bertz CT molecular complexity index is 484. The second-order valence-corrected chi connectivity index (χ2v) is 4.44. The van der Waals surface area contributed by atoms with Gasteiger partial charge in [0, 0.05) is 12.1 Å². The van der Waals surface area contributed by atoms with Crippen molar-refractivity contribution in [1.29, 1.82) is 0 Å². The summed E-state index contributed by atoms with van der Waals surface area (Å²) in [6.07, 6.45) is 5.45. The molecule has 1 aliphatic rings. The summed E-state index contributed by atoms with van der Waals surface area (Å²) in [5, 5.41) is 0. The summed E-state index contributed by atoms with van der Waals surface area (Å²) in [5.41, 5.74) is 2.51. The third-order valence-electron chi connectivity index (χ3n) is 3.14. The highest BCUT2D eigenvalue weighted by molar-refractivity contribution is 5.47. The lowest BCUT2D eigenvalue weighted by molar-refractivity contribution is 0.837. The van der Waals surface area contributed by atoms with Crippen LogP contribution >= 0.6 is 0 Å². The number of hydrogen-bond acceptors (Lipinski definition) is 1. The number of rotatable bonds is 1. The first kappa shape index (κ1) is 8.04. The number of hydrogen-bond donors (Lipinski definition) is 0. The van der Waals surface area contributed by atoms with E-state index in [2.05, 4.69) is 41.6 Å². The van der Waals surface area contributed by atoms with Crippen molar-refractivity contribution in [1.82, 2.24) is 9.38 Å². The van der Waals surface area contributed by atoms with Gasteiger partial charge in [0.15, 0.2) is 0 Å². The maximum absolute atomic E-state index is 4.51. The summed E-state index contributed by atoms with van der Waals surface area (Å²) >= 11 is 0. The summed E-state index contributed by atoms with van der Waals surface area (Å²) in [7, 11) is 0. The molecule has 0 aromatic carbocycles. The van der Waals surface area contributed by atoms with Gasteiger partial charge in [-0.05, 0) is 30.9 Å². The summed E-state index contributed by atoms with van der Waals surface area (Å²) < 4.78 is 2.24. The Labute approximate surface area is 83.6 Å². The van der Waals surface area contributed by atoms with Gasteiger partial charge < -0.3 is 4.40 Å². The Morgan fingerprint density at radius 2 is 2.21 bits per heavy atom. The van der Waals surface area contributed by atoms with Crippen LogP contribution in [0.5, 0.6) is 0 Å². The quantitative estimate of drug-likeness (QED) is 0.669. The van der Waals surface area contributed by atoms with Crippen LogP contribution in [0.2, 0.25) is 0 Å².